The molecular formula is C9H12N6O4. The normalized spacial score (nSPS) is 31.1. The first-order valence-corrected chi connectivity index (χ1v) is 5.57. The van der Waals surface area contributed by atoms with Crippen molar-refractivity contribution in [2.45, 2.75) is 24.5 Å². The number of aliphatic hydroxyl groups excluding tert-OH is 3. The summed E-state index contributed by atoms with van der Waals surface area (Å²) >= 11 is 0. The molecule has 2 aromatic heterocycles. The van der Waals surface area contributed by atoms with Gasteiger partial charge in [-0.15, -0.1) is 10.2 Å². The highest BCUT2D eigenvalue weighted by Crippen LogP contribution is 2.31. The molecular weight excluding hydrogens is 256 g/mol. The van der Waals surface area contributed by atoms with Gasteiger partial charge in [-0.05, 0) is 5.21 Å². The van der Waals surface area contributed by atoms with Crippen molar-refractivity contribution in [2.24, 2.45) is 0 Å². The van der Waals surface area contributed by atoms with E-state index in [0.29, 0.717) is 5.52 Å². The van der Waals surface area contributed by atoms with Gasteiger partial charge in [-0.25, -0.2) is 4.98 Å². The van der Waals surface area contributed by atoms with Crippen molar-refractivity contribution in [1.29, 1.82) is 0 Å². The van der Waals surface area contributed by atoms with Crippen molar-refractivity contribution < 1.29 is 20.1 Å². The first-order valence-electron chi connectivity index (χ1n) is 5.57. The summed E-state index contributed by atoms with van der Waals surface area (Å²) in [6.07, 6.45) is -2.85. The van der Waals surface area contributed by atoms with Gasteiger partial charge in [0, 0.05) is 0 Å². The zero-order valence-corrected chi connectivity index (χ0v) is 9.66. The fraction of sp³-hybridized carbons (Fsp3) is 0.556. The molecule has 1 fully saturated rings. The first kappa shape index (κ1) is 12.2. The molecule has 0 saturated carbocycles. The molecule has 0 spiro atoms. The third-order valence-electron chi connectivity index (χ3n) is 3.09. The maximum atomic E-state index is 9.93. The Labute approximate surface area is 106 Å². The van der Waals surface area contributed by atoms with Crippen LogP contribution in [0.2, 0.25) is 0 Å². The van der Waals surface area contributed by atoms with Crippen molar-refractivity contribution in [2.75, 3.05) is 12.3 Å². The summed E-state index contributed by atoms with van der Waals surface area (Å²) < 4.78 is 6.76. The zero-order valence-electron chi connectivity index (χ0n) is 9.66. The molecule has 1 aliphatic heterocycles. The fourth-order valence-electron chi connectivity index (χ4n) is 2.09. The van der Waals surface area contributed by atoms with Gasteiger partial charge in [0.05, 0.1) is 12.9 Å². The van der Waals surface area contributed by atoms with Gasteiger partial charge < -0.3 is 25.8 Å². The number of nitrogens with zero attached hydrogens (tertiary/aromatic N) is 5. The van der Waals surface area contributed by atoms with E-state index in [-0.39, 0.29) is 11.5 Å². The van der Waals surface area contributed by atoms with Crippen molar-refractivity contribution in [3.05, 3.63) is 6.33 Å². The highest BCUT2D eigenvalue weighted by atomic mass is 16.6. The van der Waals surface area contributed by atoms with Crippen LogP contribution >= 0.6 is 0 Å². The second-order valence-electron chi connectivity index (χ2n) is 4.23. The first-order chi connectivity index (χ1) is 9.13. The van der Waals surface area contributed by atoms with Gasteiger partial charge in [-0.1, -0.05) is 0 Å². The van der Waals surface area contributed by atoms with Crippen LogP contribution in [0.1, 0.15) is 6.23 Å². The molecule has 0 amide bonds. The molecule has 0 aromatic carbocycles. The maximum Gasteiger partial charge on any atom is 0.190 e. The van der Waals surface area contributed by atoms with Crippen LogP contribution in [-0.4, -0.2) is 65.2 Å². The summed E-state index contributed by atoms with van der Waals surface area (Å²) in [6.45, 7) is -0.406. The number of hydrogen-bond acceptors (Lipinski definition) is 9. The van der Waals surface area contributed by atoms with Gasteiger partial charge in [-0.3, -0.25) is 4.57 Å². The second kappa shape index (κ2) is 4.35. The molecule has 3 heterocycles. The Morgan fingerprint density at radius 1 is 1.32 bits per heavy atom. The summed E-state index contributed by atoms with van der Waals surface area (Å²) in [5.41, 5.74) is 6.21. The largest absolute Gasteiger partial charge is 0.394 e. The molecule has 1 aliphatic rings. The van der Waals surface area contributed by atoms with Gasteiger partial charge >= 0.3 is 0 Å². The van der Waals surface area contributed by atoms with E-state index in [4.69, 9.17) is 15.6 Å². The van der Waals surface area contributed by atoms with E-state index >= 15 is 0 Å². The summed E-state index contributed by atoms with van der Waals surface area (Å²) in [5.74, 6) is 0.107. The maximum absolute atomic E-state index is 9.93. The molecule has 0 radical (unpaired) electrons. The Bertz CT molecular complexity index is 603. The van der Waals surface area contributed by atoms with E-state index < -0.39 is 31.1 Å². The van der Waals surface area contributed by atoms with Crippen molar-refractivity contribution in [1.82, 2.24) is 25.0 Å². The van der Waals surface area contributed by atoms with Crippen LogP contribution in [0.5, 0.6) is 0 Å². The van der Waals surface area contributed by atoms with Crippen LogP contribution < -0.4 is 5.73 Å². The lowest BCUT2D eigenvalue weighted by Crippen LogP contribution is -2.33. The number of aromatic nitrogens is 5. The summed E-state index contributed by atoms with van der Waals surface area (Å²) in [6, 6.07) is 0. The quantitative estimate of drug-likeness (QED) is 0.459. The number of fused-ring (bicyclic) bond motifs is 1. The molecule has 0 unspecified atom stereocenters. The van der Waals surface area contributed by atoms with E-state index in [1.165, 1.54) is 10.9 Å². The number of nitrogens with two attached hydrogens (primary N) is 1. The predicted octanol–water partition coefficient (Wildman–Crippen LogP) is -2.58. The van der Waals surface area contributed by atoms with Crippen LogP contribution in [0, 0.1) is 0 Å². The molecule has 10 nitrogen and oxygen atoms in total. The molecule has 5 N–H and O–H groups in total. The molecule has 102 valence electrons. The number of nitrogen functional groups attached to an aromatic ring is 1. The Morgan fingerprint density at radius 3 is 2.79 bits per heavy atom. The van der Waals surface area contributed by atoms with Crippen molar-refractivity contribution in [3.63, 3.8) is 0 Å². The van der Waals surface area contributed by atoms with Gasteiger partial charge in [0.2, 0.25) is 0 Å². The predicted molar refractivity (Wildman–Crippen MR) is 60.5 cm³/mol. The highest BCUT2D eigenvalue weighted by Gasteiger charge is 2.44. The average molecular weight is 268 g/mol. The van der Waals surface area contributed by atoms with E-state index in [1.807, 2.05) is 0 Å². The van der Waals surface area contributed by atoms with E-state index in [9.17, 15) is 10.2 Å². The number of hydrogen-bond donors (Lipinski definition) is 4. The average Bonchev–Trinajstić information content (AvgIpc) is 2.94. The lowest BCUT2D eigenvalue weighted by atomic mass is 10.1. The molecule has 3 rings (SSSR count). The molecule has 4 atom stereocenters. The third kappa shape index (κ3) is 1.73. The summed E-state index contributed by atoms with van der Waals surface area (Å²) in [7, 11) is 0. The van der Waals surface area contributed by atoms with Crippen LogP contribution in [0.3, 0.4) is 0 Å². The Kier molecular flexibility index (Phi) is 2.78. The fourth-order valence-corrected chi connectivity index (χ4v) is 2.09. The Morgan fingerprint density at radius 2 is 2.11 bits per heavy atom. The number of aliphatic hydroxyl groups is 3. The number of anilines is 1. The molecule has 0 aliphatic carbocycles. The van der Waals surface area contributed by atoms with Gasteiger partial charge in [-0.2, -0.15) is 0 Å². The van der Waals surface area contributed by atoms with E-state index in [2.05, 4.69) is 20.4 Å². The third-order valence-corrected chi connectivity index (χ3v) is 3.09. The molecule has 10 heteroatoms. The van der Waals surface area contributed by atoms with Crippen LogP contribution in [0.15, 0.2) is 6.33 Å². The molecule has 2 aromatic rings. The number of ether oxygens (including phenoxy) is 1. The number of imidazole rings is 1. The summed E-state index contributed by atoms with van der Waals surface area (Å²) in [5, 5.41) is 39.5. The van der Waals surface area contributed by atoms with Crippen LogP contribution in [-0.2, 0) is 4.74 Å². The van der Waals surface area contributed by atoms with Gasteiger partial charge in [0.1, 0.15) is 18.3 Å². The summed E-state index contributed by atoms with van der Waals surface area (Å²) in [4.78, 5) is 4.01. The van der Waals surface area contributed by atoms with Crippen LogP contribution in [0.25, 0.3) is 11.2 Å². The molecule has 1 saturated heterocycles. The molecule has 19 heavy (non-hydrogen) atoms. The van der Waals surface area contributed by atoms with Gasteiger partial charge in [0.15, 0.2) is 23.2 Å². The topological polar surface area (TPSA) is 152 Å². The monoisotopic (exact) mass is 268 g/mol. The Hall–Kier alpha value is -1.88. The minimum Gasteiger partial charge on any atom is -0.394 e. The van der Waals surface area contributed by atoms with Gasteiger partial charge in [0.25, 0.3) is 0 Å². The highest BCUT2D eigenvalue weighted by molar-refractivity contribution is 5.80. The minimum absolute atomic E-state index is 0.107. The second-order valence-corrected chi connectivity index (χ2v) is 4.23. The van der Waals surface area contributed by atoms with Crippen molar-refractivity contribution >= 4 is 17.0 Å². The number of rotatable bonds is 2. The Balaban J connectivity index is 2.04. The smallest absolute Gasteiger partial charge is 0.190 e. The van der Waals surface area contributed by atoms with Crippen LogP contribution in [0.4, 0.5) is 5.82 Å². The lowest BCUT2D eigenvalue weighted by molar-refractivity contribution is -0.0511. The van der Waals surface area contributed by atoms with Crippen molar-refractivity contribution in [3.8, 4) is 0 Å². The minimum atomic E-state index is -1.22. The molecule has 0 bridgehead atoms. The lowest BCUT2D eigenvalue weighted by Gasteiger charge is -2.15. The standard InChI is InChI=1S/C9H12N6O4/c10-7-4-8(13-14-12-7)15(2-11-4)9-6(18)5(17)3(1-16)19-9/h2-3,5-6,9,16-18H,1H2,(H2,10,12,13)/t3-,5-,6+,9-/m1/s1. The van der Waals surface area contributed by atoms with E-state index in [0.717, 1.165) is 0 Å². The zero-order chi connectivity index (χ0) is 13.6. The van der Waals surface area contributed by atoms with E-state index in [1.54, 1.807) is 0 Å². The SMILES string of the molecule is Nc1nnnc2c1ncn2[C@@H]1O[C@H](CO)[C@@H](O)[C@@H]1O.